The zero-order valence-electron chi connectivity index (χ0n) is 18.9. The molecule has 0 spiro atoms. The van der Waals surface area contributed by atoms with Gasteiger partial charge in [0.05, 0.1) is 39.9 Å². The molecule has 2 fully saturated rings. The van der Waals surface area contributed by atoms with E-state index in [1.54, 1.807) is 9.80 Å². The maximum atomic E-state index is 13.2. The Balaban J connectivity index is 1.57. The Labute approximate surface area is 202 Å². The summed E-state index contributed by atoms with van der Waals surface area (Å²) in [6, 6.07) is 6.47. The highest BCUT2D eigenvalue weighted by atomic mass is 19.4. The van der Waals surface area contributed by atoms with E-state index in [1.165, 1.54) is 18.2 Å². The van der Waals surface area contributed by atoms with Gasteiger partial charge in [-0.05, 0) is 18.2 Å². The van der Waals surface area contributed by atoms with Crippen molar-refractivity contribution in [2.75, 3.05) is 62.3 Å². The van der Waals surface area contributed by atoms with Crippen LogP contribution in [0.25, 0.3) is 0 Å². The van der Waals surface area contributed by atoms with Crippen LogP contribution in [-0.4, -0.2) is 73.1 Å². The van der Waals surface area contributed by atoms with Crippen molar-refractivity contribution in [1.82, 2.24) is 4.90 Å². The fourth-order valence-corrected chi connectivity index (χ4v) is 4.32. The van der Waals surface area contributed by atoms with Gasteiger partial charge in [-0.15, -0.1) is 0 Å². The van der Waals surface area contributed by atoms with Crippen molar-refractivity contribution in [2.24, 2.45) is 0 Å². The molecule has 0 N–H and O–H groups in total. The van der Waals surface area contributed by atoms with Crippen molar-refractivity contribution in [3.63, 3.8) is 0 Å². The highest BCUT2D eigenvalue weighted by Crippen LogP contribution is 2.37. The minimum absolute atomic E-state index is 0.0703. The lowest BCUT2D eigenvalue weighted by Crippen LogP contribution is -2.47. The first-order valence-corrected chi connectivity index (χ1v) is 11.1. The third-order valence-electron chi connectivity index (χ3n) is 6.18. The summed E-state index contributed by atoms with van der Waals surface area (Å²) >= 11 is 0. The van der Waals surface area contributed by atoms with Gasteiger partial charge < -0.3 is 19.4 Å². The molecule has 4 rings (SSSR count). The largest absolute Gasteiger partial charge is 0.416 e. The van der Waals surface area contributed by atoms with E-state index in [0.29, 0.717) is 51.1 Å². The van der Waals surface area contributed by atoms with Crippen molar-refractivity contribution in [2.45, 2.75) is 6.18 Å². The number of nitrogens with zero attached hydrogens (tertiary/aromatic N) is 5. The molecule has 0 atom stereocenters. The van der Waals surface area contributed by atoms with Gasteiger partial charge in [0.15, 0.2) is 0 Å². The Hall–Kier alpha value is -3.94. The predicted octanol–water partition coefficient (Wildman–Crippen LogP) is 3.32. The molecule has 2 heterocycles. The average Bonchev–Trinajstić information content (AvgIpc) is 2.87. The minimum Gasteiger partial charge on any atom is -0.378 e. The van der Waals surface area contributed by atoms with Crippen molar-refractivity contribution >= 4 is 28.7 Å². The summed E-state index contributed by atoms with van der Waals surface area (Å²) in [5.74, 6) is -0.363. The number of non-ortho nitro benzene ring substituents is 1. The van der Waals surface area contributed by atoms with Crippen LogP contribution in [0, 0.1) is 20.2 Å². The molecule has 11 nitrogen and oxygen atoms in total. The first-order chi connectivity index (χ1) is 17.1. The molecule has 36 heavy (non-hydrogen) atoms. The van der Waals surface area contributed by atoms with Crippen LogP contribution in [0.3, 0.4) is 0 Å². The smallest absolute Gasteiger partial charge is 0.378 e. The van der Waals surface area contributed by atoms with Crippen LogP contribution in [0.5, 0.6) is 0 Å². The standard InChI is InChI=1S/C22H22F3N5O6/c23-22(24,25)15-1-3-19(20(13-15)30(34)35)27-7-5-26(6-8-27)18-4-2-16(29(32)33)14-17(18)21(31)28-9-11-36-12-10-28/h1-4,13-14H,5-12H2. The first kappa shape index (κ1) is 25.2. The molecule has 0 bridgehead atoms. The number of piperazine rings is 1. The number of amides is 1. The van der Waals surface area contributed by atoms with E-state index in [2.05, 4.69) is 0 Å². The Bertz CT molecular complexity index is 1180. The number of nitro benzene ring substituents is 2. The van der Waals surface area contributed by atoms with E-state index in [0.717, 1.165) is 12.1 Å². The number of rotatable bonds is 5. The fourth-order valence-electron chi connectivity index (χ4n) is 4.32. The molecule has 0 aromatic heterocycles. The molecule has 0 radical (unpaired) electrons. The number of carbonyl (C=O) groups is 1. The molecule has 0 unspecified atom stereocenters. The van der Waals surface area contributed by atoms with E-state index in [4.69, 9.17) is 4.74 Å². The van der Waals surface area contributed by atoms with Crippen LogP contribution in [-0.2, 0) is 10.9 Å². The number of ether oxygens (including phenoxy) is 1. The van der Waals surface area contributed by atoms with Crippen LogP contribution in [0.15, 0.2) is 36.4 Å². The van der Waals surface area contributed by atoms with Crippen LogP contribution in [0.2, 0.25) is 0 Å². The van der Waals surface area contributed by atoms with Crippen LogP contribution < -0.4 is 9.80 Å². The third-order valence-corrected chi connectivity index (χ3v) is 6.18. The average molecular weight is 509 g/mol. The molecule has 2 aliphatic heterocycles. The molecule has 0 aliphatic carbocycles. The number of morpholine rings is 1. The number of carbonyl (C=O) groups excluding carboxylic acids is 1. The van der Waals surface area contributed by atoms with Gasteiger partial charge in [0.1, 0.15) is 5.69 Å². The second-order valence-corrected chi connectivity index (χ2v) is 8.30. The van der Waals surface area contributed by atoms with Crippen LogP contribution in [0.4, 0.5) is 35.9 Å². The zero-order chi connectivity index (χ0) is 26.0. The van der Waals surface area contributed by atoms with Crippen LogP contribution in [0.1, 0.15) is 15.9 Å². The number of hydrogen-bond donors (Lipinski definition) is 0. The van der Waals surface area contributed by atoms with Gasteiger partial charge in [0.2, 0.25) is 0 Å². The van der Waals surface area contributed by atoms with E-state index in [9.17, 15) is 38.2 Å². The van der Waals surface area contributed by atoms with Gasteiger partial charge in [-0.2, -0.15) is 13.2 Å². The number of hydrogen-bond acceptors (Lipinski definition) is 8. The number of anilines is 2. The molecule has 1 amide bonds. The second kappa shape index (κ2) is 9.97. The van der Waals surface area contributed by atoms with E-state index >= 15 is 0 Å². The van der Waals surface area contributed by atoms with E-state index in [-0.39, 0.29) is 35.9 Å². The molecule has 0 saturated carbocycles. The first-order valence-electron chi connectivity index (χ1n) is 11.1. The Morgan fingerprint density at radius 1 is 0.833 bits per heavy atom. The summed E-state index contributed by atoms with van der Waals surface area (Å²) in [7, 11) is 0. The van der Waals surface area contributed by atoms with Crippen molar-refractivity contribution in [3.8, 4) is 0 Å². The highest BCUT2D eigenvalue weighted by Gasteiger charge is 2.35. The Morgan fingerprint density at radius 2 is 1.42 bits per heavy atom. The van der Waals surface area contributed by atoms with E-state index in [1.807, 2.05) is 4.90 Å². The molecule has 2 aliphatic rings. The lowest BCUT2D eigenvalue weighted by Gasteiger charge is -2.38. The molecular weight excluding hydrogens is 487 g/mol. The van der Waals surface area contributed by atoms with Gasteiger partial charge in [0.25, 0.3) is 17.3 Å². The highest BCUT2D eigenvalue weighted by molar-refractivity contribution is 6.00. The minimum atomic E-state index is -4.71. The summed E-state index contributed by atoms with van der Waals surface area (Å²) in [6.07, 6.45) is -4.71. The lowest BCUT2D eigenvalue weighted by molar-refractivity contribution is -0.384. The maximum absolute atomic E-state index is 13.2. The second-order valence-electron chi connectivity index (χ2n) is 8.30. The van der Waals surface area contributed by atoms with Crippen molar-refractivity contribution in [1.29, 1.82) is 0 Å². The number of nitro groups is 2. The molecule has 2 aromatic carbocycles. The van der Waals surface area contributed by atoms with Gasteiger partial charge in [0, 0.05) is 57.5 Å². The topological polar surface area (TPSA) is 122 Å². The Morgan fingerprint density at radius 3 is 1.97 bits per heavy atom. The summed E-state index contributed by atoms with van der Waals surface area (Å²) < 4.78 is 44.4. The summed E-state index contributed by atoms with van der Waals surface area (Å²) in [4.78, 5) is 39.6. The fraction of sp³-hybridized carbons (Fsp3) is 0.409. The third kappa shape index (κ3) is 5.17. The van der Waals surface area contributed by atoms with Gasteiger partial charge >= 0.3 is 6.18 Å². The Kier molecular flexibility index (Phi) is 6.97. The molecular formula is C22H22F3N5O6. The van der Waals surface area contributed by atoms with Gasteiger partial charge in [-0.25, -0.2) is 0 Å². The quantitative estimate of drug-likeness (QED) is 0.445. The zero-order valence-corrected chi connectivity index (χ0v) is 18.9. The van der Waals surface area contributed by atoms with E-state index < -0.39 is 27.3 Å². The van der Waals surface area contributed by atoms with Crippen molar-refractivity contribution in [3.05, 3.63) is 67.8 Å². The SMILES string of the molecule is O=C(c1cc([N+](=O)[O-])ccc1N1CCN(c2ccc(C(F)(F)F)cc2[N+](=O)[O-])CC1)N1CCOCC1. The van der Waals surface area contributed by atoms with Crippen LogP contribution >= 0.6 is 0 Å². The number of halogens is 3. The molecule has 2 saturated heterocycles. The van der Waals surface area contributed by atoms with Gasteiger partial charge in [-0.1, -0.05) is 0 Å². The number of alkyl halides is 3. The molecule has 2 aromatic rings. The lowest BCUT2D eigenvalue weighted by atomic mass is 10.1. The van der Waals surface area contributed by atoms with Crippen molar-refractivity contribution < 1.29 is 32.5 Å². The maximum Gasteiger partial charge on any atom is 0.416 e. The monoisotopic (exact) mass is 509 g/mol. The summed E-state index contributed by atoms with van der Waals surface area (Å²) in [6.45, 7) is 2.47. The summed E-state index contributed by atoms with van der Waals surface area (Å²) in [5.41, 5.74) is -1.25. The van der Waals surface area contributed by atoms with Gasteiger partial charge in [-0.3, -0.25) is 25.0 Å². The predicted molar refractivity (Wildman–Crippen MR) is 122 cm³/mol. The summed E-state index contributed by atoms with van der Waals surface area (Å²) in [5, 5.41) is 22.8. The molecule has 14 heteroatoms. The normalized spacial score (nSPS) is 16.7. The number of benzene rings is 2. The molecule has 192 valence electrons.